The Bertz CT molecular complexity index is 840. The van der Waals surface area contributed by atoms with Crippen LogP contribution < -0.4 is 4.74 Å². The minimum atomic E-state index is -0.662. The Morgan fingerprint density at radius 3 is 2.67 bits per heavy atom. The number of hydrogen-bond acceptors (Lipinski definition) is 3. The Morgan fingerprint density at radius 2 is 1.92 bits per heavy atom. The summed E-state index contributed by atoms with van der Waals surface area (Å²) in [7, 11) is 0. The Hall–Kier alpha value is -2.40. The van der Waals surface area contributed by atoms with Gasteiger partial charge in [-0.15, -0.1) is 0 Å². The topological polar surface area (TPSA) is 47.3 Å². The van der Waals surface area contributed by atoms with Crippen LogP contribution in [0, 0.1) is 5.82 Å². The zero-order valence-electron chi connectivity index (χ0n) is 13.2. The van der Waals surface area contributed by atoms with Gasteiger partial charge in [-0.05, 0) is 49.2 Å². The fourth-order valence-electron chi connectivity index (χ4n) is 2.93. The van der Waals surface area contributed by atoms with Crippen molar-refractivity contribution < 1.29 is 14.2 Å². The van der Waals surface area contributed by atoms with E-state index in [4.69, 9.17) is 9.72 Å². The fraction of sp³-hybridized carbons (Fsp3) is 0.316. The van der Waals surface area contributed by atoms with Gasteiger partial charge in [0.1, 0.15) is 30.1 Å². The standard InChI is InChI=1S/C19H19FN2O2/c20-14-7-9-16(10-8-14)24-12-15(23)11-22-18-4-2-1-3-17(18)21-19(22)13-5-6-13/h1-4,7-10,13,15,23H,5-6,11-12H2. The average Bonchev–Trinajstić information content (AvgIpc) is 3.38. The molecule has 1 saturated carbocycles. The molecule has 0 saturated heterocycles. The van der Waals surface area contributed by atoms with Crippen molar-refractivity contribution >= 4 is 11.0 Å². The van der Waals surface area contributed by atoms with Crippen molar-refractivity contribution in [2.75, 3.05) is 6.61 Å². The van der Waals surface area contributed by atoms with E-state index in [1.54, 1.807) is 12.1 Å². The highest BCUT2D eigenvalue weighted by Crippen LogP contribution is 2.40. The summed E-state index contributed by atoms with van der Waals surface area (Å²) in [5, 5.41) is 10.4. The SMILES string of the molecule is OC(COc1ccc(F)cc1)Cn1c(C2CC2)nc2ccccc21. The van der Waals surface area contributed by atoms with Crippen molar-refractivity contribution in [1.82, 2.24) is 9.55 Å². The summed E-state index contributed by atoms with van der Waals surface area (Å²) in [4.78, 5) is 4.73. The number of halogens is 1. The van der Waals surface area contributed by atoms with Gasteiger partial charge in [0.15, 0.2) is 0 Å². The number of aromatic nitrogens is 2. The summed E-state index contributed by atoms with van der Waals surface area (Å²) >= 11 is 0. The Labute approximate surface area is 139 Å². The highest BCUT2D eigenvalue weighted by Gasteiger charge is 2.30. The predicted octanol–water partition coefficient (Wildman–Crippen LogP) is 3.49. The van der Waals surface area contributed by atoms with Crippen LogP contribution in [0.25, 0.3) is 11.0 Å². The molecule has 1 N–H and O–H groups in total. The third kappa shape index (κ3) is 3.12. The van der Waals surface area contributed by atoms with Gasteiger partial charge in [0.05, 0.1) is 17.6 Å². The van der Waals surface area contributed by atoms with Crippen LogP contribution in [0.1, 0.15) is 24.6 Å². The van der Waals surface area contributed by atoms with E-state index in [0.29, 0.717) is 18.2 Å². The van der Waals surface area contributed by atoms with Gasteiger partial charge in [-0.25, -0.2) is 9.37 Å². The normalized spacial score (nSPS) is 15.6. The van der Waals surface area contributed by atoms with E-state index in [0.717, 1.165) is 29.7 Å². The molecular weight excluding hydrogens is 307 g/mol. The van der Waals surface area contributed by atoms with Gasteiger partial charge in [-0.3, -0.25) is 0 Å². The number of para-hydroxylation sites is 2. The van der Waals surface area contributed by atoms with Crippen molar-refractivity contribution in [3.05, 3.63) is 60.2 Å². The molecule has 4 rings (SSSR count). The molecule has 0 aliphatic heterocycles. The Kier molecular flexibility index (Phi) is 3.94. The molecule has 0 spiro atoms. The van der Waals surface area contributed by atoms with Crippen molar-refractivity contribution in [2.45, 2.75) is 31.4 Å². The van der Waals surface area contributed by atoms with Gasteiger partial charge in [-0.2, -0.15) is 0 Å². The maximum absolute atomic E-state index is 12.9. The van der Waals surface area contributed by atoms with Crippen LogP contribution >= 0.6 is 0 Å². The highest BCUT2D eigenvalue weighted by atomic mass is 19.1. The number of benzene rings is 2. The summed E-state index contributed by atoms with van der Waals surface area (Å²) in [6, 6.07) is 13.8. The first-order chi connectivity index (χ1) is 11.7. The molecule has 1 aliphatic carbocycles. The third-order valence-corrected chi connectivity index (χ3v) is 4.28. The van der Waals surface area contributed by atoms with Crippen LogP contribution in [0.5, 0.6) is 5.75 Å². The molecule has 1 fully saturated rings. The zero-order valence-corrected chi connectivity index (χ0v) is 13.2. The second kappa shape index (κ2) is 6.24. The van der Waals surface area contributed by atoms with Gasteiger partial charge in [0.25, 0.3) is 0 Å². The third-order valence-electron chi connectivity index (χ3n) is 4.28. The largest absolute Gasteiger partial charge is 0.491 e. The Balaban J connectivity index is 1.49. The Morgan fingerprint density at radius 1 is 1.17 bits per heavy atom. The molecule has 1 heterocycles. The van der Waals surface area contributed by atoms with E-state index >= 15 is 0 Å². The fourth-order valence-corrected chi connectivity index (χ4v) is 2.93. The summed E-state index contributed by atoms with van der Waals surface area (Å²) in [6.45, 7) is 0.593. The van der Waals surface area contributed by atoms with Crippen molar-refractivity contribution in [3.8, 4) is 5.75 Å². The molecule has 1 atom stereocenters. The van der Waals surface area contributed by atoms with E-state index in [1.165, 1.54) is 12.1 Å². The van der Waals surface area contributed by atoms with Gasteiger partial charge < -0.3 is 14.4 Å². The quantitative estimate of drug-likeness (QED) is 0.754. The van der Waals surface area contributed by atoms with E-state index in [-0.39, 0.29) is 12.4 Å². The molecule has 0 amide bonds. The number of rotatable bonds is 6. The van der Waals surface area contributed by atoms with Crippen LogP contribution in [0.3, 0.4) is 0 Å². The number of ether oxygens (including phenoxy) is 1. The molecule has 1 aromatic heterocycles. The van der Waals surface area contributed by atoms with Gasteiger partial charge in [0, 0.05) is 5.92 Å². The minimum absolute atomic E-state index is 0.155. The van der Waals surface area contributed by atoms with Crippen LogP contribution in [0.4, 0.5) is 4.39 Å². The van der Waals surface area contributed by atoms with Crippen molar-refractivity contribution in [3.63, 3.8) is 0 Å². The van der Waals surface area contributed by atoms with Gasteiger partial charge in [-0.1, -0.05) is 12.1 Å². The molecule has 24 heavy (non-hydrogen) atoms. The molecule has 1 aliphatic rings. The number of nitrogens with zero attached hydrogens (tertiary/aromatic N) is 2. The van der Waals surface area contributed by atoms with Crippen LogP contribution in [-0.2, 0) is 6.54 Å². The lowest BCUT2D eigenvalue weighted by Gasteiger charge is -2.15. The predicted molar refractivity (Wildman–Crippen MR) is 89.6 cm³/mol. The first kappa shape index (κ1) is 15.1. The molecule has 4 nitrogen and oxygen atoms in total. The number of hydrogen-bond donors (Lipinski definition) is 1. The van der Waals surface area contributed by atoms with Gasteiger partial charge in [0.2, 0.25) is 0 Å². The summed E-state index contributed by atoms with van der Waals surface area (Å²) in [6.07, 6.45) is 1.65. The lowest BCUT2D eigenvalue weighted by atomic mass is 10.3. The molecule has 124 valence electrons. The molecule has 5 heteroatoms. The lowest BCUT2D eigenvalue weighted by molar-refractivity contribution is 0.0927. The van der Waals surface area contributed by atoms with Crippen molar-refractivity contribution in [2.24, 2.45) is 0 Å². The number of fused-ring (bicyclic) bond motifs is 1. The van der Waals surface area contributed by atoms with Crippen molar-refractivity contribution in [1.29, 1.82) is 0 Å². The maximum Gasteiger partial charge on any atom is 0.123 e. The van der Waals surface area contributed by atoms with Crippen LogP contribution in [0.15, 0.2) is 48.5 Å². The zero-order chi connectivity index (χ0) is 16.5. The minimum Gasteiger partial charge on any atom is -0.491 e. The molecule has 0 bridgehead atoms. The first-order valence-electron chi connectivity index (χ1n) is 8.22. The molecule has 3 aromatic rings. The monoisotopic (exact) mass is 326 g/mol. The molecule has 1 unspecified atom stereocenters. The summed E-state index contributed by atoms with van der Waals surface area (Å²) < 4.78 is 20.5. The highest BCUT2D eigenvalue weighted by molar-refractivity contribution is 5.76. The summed E-state index contributed by atoms with van der Waals surface area (Å²) in [5.74, 6) is 1.80. The van der Waals surface area contributed by atoms with E-state index in [9.17, 15) is 9.50 Å². The molecular formula is C19H19FN2O2. The van der Waals surface area contributed by atoms with Crippen LogP contribution in [-0.4, -0.2) is 27.4 Å². The molecule has 2 aromatic carbocycles. The second-order valence-corrected chi connectivity index (χ2v) is 6.26. The van der Waals surface area contributed by atoms with Gasteiger partial charge >= 0.3 is 0 Å². The smallest absolute Gasteiger partial charge is 0.123 e. The first-order valence-corrected chi connectivity index (χ1v) is 8.22. The number of aliphatic hydroxyl groups is 1. The molecule has 0 radical (unpaired) electrons. The van der Waals surface area contributed by atoms with Crippen LogP contribution in [0.2, 0.25) is 0 Å². The number of aliphatic hydroxyl groups excluding tert-OH is 1. The summed E-state index contributed by atoms with van der Waals surface area (Å²) in [5.41, 5.74) is 2.01. The lowest BCUT2D eigenvalue weighted by Crippen LogP contribution is -2.24. The van der Waals surface area contributed by atoms with E-state index in [2.05, 4.69) is 4.57 Å². The van der Waals surface area contributed by atoms with E-state index in [1.807, 2.05) is 24.3 Å². The maximum atomic E-state index is 12.9. The van der Waals surface area contributed by atoms with E-state index < -0.39 is 6.10 Å². The second-order valence-electron chi connectivity index (χ2n) is 6.26. The number of imidazole rings is 1. The average molecular weight is 326 g/mol.